The predicted octanol–water partition coefficient (Wildman–Crippen LogP) is 2.46. The SMILES string of the molecule is FC/C(F)=C(\F)Br. The van der Waals surface area contributed by atoms with E-state index in [2.05, 4.69) is 15.9 Å². The lowest BCUT2D eigenvalue weighted by molar-refractivity contribution is 0.441. The van der Waals surface area contributed by atoms with E-state index >= 15 is 0 Å². The summed E-state index contributed by atoms with van der Waals surface area (Å²) in [5, 5.41) is 0. The molecule has 0 saturated carbocycles. The van der Waals surface area contributed by atoms with Gasteiger partial charge in [0.2, 0.25) is 0 Å². The van der Waals surface area contributed by atoms with Gasteiger partial charge in [-0.05, 0) is 15.9 Å². The minimum absolute atomic E-state index is 1.27. The highest BCUT2D eigenvalue weighted by molar-refractivity contribution is 9.11. The van der Waals surface area contributed by atoms with Gasteiger partial charge in [-0.2, -0.15) is 4.39 Å². The Labute approximate surface area is 47.1 Å². The van der Waals surface area contributed by atoms with Crippen molar-refractivity contribution in [3.05, 3.63) is 10.6 Å². The van der Waals surface area contributed by atoms with Gasteiger partial charge in [-0.15, -0.1) is 0 Å². The fourth-order valence-electron chi connectivity index (χ4n) is 0.0505. The van der Waals surface area contributed by atoms with Crippen molar-refractivity contribution in [1.29, 1.82) is 0 Å². The molecular weight excluding hydrogens is 173 g/mol. The summed E-state index contributed by atoms with van der Waals surface area (Å²) in [6, 6.07) is 0. The molecule has 0 spiro atoms. The third kappa shape index (κ3) is 2.68. The summed E-state index contributed by atoms with van der Waals surface area (Å²) in [6.45, 7) is -1.39. The van der Waals surface area contributed by atoms with Crippen LogP contribution in [0.15, 0.2) is 10.6 Å². The first-order valence-corrected chi connectivity index (χ1v) is 2.23. The van der Waals surface area contributed by atoms with Crippen LogP contribution in [0.5, 0.6) is 0 Å². The van der Waals surface area contributed by atoms with Gasteiger partial charge in [-0.3, -0.25) is 0 Å². The molecule has 0 fully saturated rings. The zero-order valence-electron chi connectivity index (χ0n) is 3.22. The number of alkyl halides is 1. The molecule has 0 aromatic carbocycles. The minimum atomic E-state index is -1.40. The van der Waals surface area contributed by atoms with Crippen LogP contribution in [-0.2, 0) is 0 Å². The highest BCUT2D eigenvalue weighted by atomic mass is 79.9. The summed E-state index contributed by atoms with van der Waals surface area (Å²) in [4.78, 5) is 0. The first-order valence-electron chi connectivity index (χ1n) is 1.44. The number of hydrogen-bond acceptors (Lipinski definition) is 0. The molecule has 0 aromatic heterocycles. The third-order valence-corrected chi connectivity index (χ3v) is 0.753. The Bertz CT molecular complexity index is 84.2. The Kier molecular flexibility index (Phi) is 3.07. The van der Waals surface area contributed by atoms with Gasteiger partial charge in [-0.25, -0.2) is 8.78 Å². The Hall–Kier alpha value is 0.01000. The van der Waals surface area contributed by atoms with Gasteiger partial charge in [0.05, 0.1) is 0 Å². The lowest BCUT2D eigenvalue weighted by atomic mass is 10.7. The zero-order chi connectivity index (χ0) is 5.86. The first kappa shape index (κ1) is 7.01. The summed E-state index contributed by atoms with van der Waals surface area (Å²) in [5.41, 5.74) is 0. The molecule has 0 aliphatic carbocycles. The van der Waals surface area contributed by atoms with E-state index in [4.69, 9.17) is 0 Å². The van der Waals surface area contributed by atoms with Gasteiger partial charge >= 0.3 is 0 Å². The van der Waals surface area contributed by atoms with Crippen LogP contribution in [0, 0.1) is 0 Å². The van der Waals surface area contributed by atoms with E-state index in [1.807, 2.05) is 0 Å². The molecule has 0 unspecified atom stereocenters. The monoisotopic (exact) mass is 174 g/mol. The second-order valence-electron chi connectivity index (χ2n) is 0.799. The van der Waals surface area contributed by atoms with Crippen molar-refractivity contribution in [2.24, 2.45) is 0 Å². The molecule has 0 N–H and O–H groups in total. The molecule has 7 heavy (non-hydrogen) atoms. The van der Waals surface area contributed by atoms with E-state index in [9.17, 15) is 13.2 Å². The Morgan fingerprint density at radius 2 is 1.86 bits per heavy atom. The van der Waals surface area contributed by atoms with Crippen LogP contribution in [0.3, 0.4) is 0 Å². The maximum atomic E-state index is 11.3. The molecule has 4 heteroatoms. The van der Waals surface area contributed by atoms with Gasteiger partial charge < -0.3 is 0 Å². The Morgan fingerprint density at radius 3 is 1.86 bits per heavy atom. The Balaban J connectivity index is 3.72. The molecule has 0 nitrogen and oxygen atoms in total. The van der Waals surface area contributed by atoms with E-state index in [1.165, 1.54) is 0 Å². The van der Waals surface area contributed by atoms with Crippen molar-refractivity contribution in [2.45, 2.75) is 0 Å². The van der Waals surface area contributed by atoms with Crippen molar-refractivity contribution in [3.8, 4) is 0 Å². The average molecular weight is 175 g/mol. The summed E-state index contributed by atoms with van der Waals surface area (Å²) in [7, 11) is 0. The summed E-state index contributed by atoms with van der Waals surface area (Å²) < 4.78 is 32.3. The van der Waals surface area contributed by atoms with E-state index in [1.54, 1.807) is 0 Å². The summed E-state index contributed by atoms with van der Waals surface area (Å²) in [5.74, 6) is -1.40. The van der Waals surface area contributed by atoms with E-state index in [-0.39, 0.29) is 0 Å². The third-order valence-electron chi connectivity index (χ3n) is 0.322. The molecule has 0 atom stereocenters. The van der Waals surface area contributed by atoms with Crippen LogP contribution >= 0.6 is 15.9 Å². The standard InChI is InChI=1S/C3H2BrF3/c4-3(7)2(6)1-5/h1H2/b3-2+. The second-order valence-corrected chi connectivity index (χ2v) is 1.50. The molecule has 42 valence electrons. The van der Waals surface area contributed by atoms with Gasteiger partial charge in [0.15, 0.2) is 10.6 Å². The van der Waals surface area contributed by atoms with E-state index in [0.29, 0.717) is 0 Å². The molecule has 0 saturated heterocycles. The van der Waals surface area contributed by atoms with Crippen LogP contribution in [0.25, 0.3) is 0 Å². The molecule has 0 aromatic rings. The fourth-order valence-corrected chi connectivity index (χ4v) is 0.156. The topological polar surface area (TPSA) is 0 Å². The molecular formula is C3H2BrF3. The quantitative estimate of drug-likeness (QED) is 0.574. The van der Waals surface area contributed by atoms with Crippen LogP contribution in [-0.4, -0.2) is 6.67 Å². The van der Waals surface area contributed by atoms with Gasteiger partial charge in [-0.1, -0.05) is 0 Å². The summed E-state index contributed by atoms with van der Waals surface area (Å²) in [6.07, 6.45) is 0. The molecule has 0 aliphatic rings. The normalized spacial score (nSPS) is 13.7. The lowest BCUT2D eigenvalue weighted by Gasteiger charge is -1.81. The highest BCUT2D eigenvalue weighted by Crippen LogP contribution is 2.13. The van der Waals surface area contributed by atoms with Crippen LogP contribution in [0.1, 0.15) is 0 Å². The van der Waals surface area contributed by atoms with Crippen molar-refractivity contribution >= 4 is 15.9 Å². The lowest BCUT2D eigenvalue weighted by Crippen LogP contribution is -1.73. The Morgan fingerprint density at radius 1 is 1.43 bits per heavy atom. The highest BCUT2D eigenvalue weighted by Gasteiger charge is 1.98. The molecule has 0 rings (SSSR count). The van der Waals surface area contributed by atoms with Crippen molar-refractivity contribution in [3.63, 3.8) is 0 Å². The molecule has 0 heterocycles. The maximum absolute atomic E-state index is 11.3. The van der Waals surface area contributed by atoms with Gasteiger partial charge in [0, 0.05) is 0 Å². The molecule has 0 aliphatic heterocycles. The van der Waals surface area contributed by atoms with Crippen LogP contribution in [0.4, 0.5) is 13.2 Å². The zero-order valence-corrected chi connectivity index (χ0v) is 4.80. The van der Waals surface area contributed by atoms with E-state index in [0.717, 1.165) is 0 Å². The first-order chi connectivity index (χ1) is 3.18. The van der Waals surface area contributed by atoms with Gasteiger partial charge in [0.1, 0.15) is 6.67 Å². The van der Waals surface area contributed by atoms with Crippen LogP contribution in [0.2, 0.25) is 0 Å². The maximum Gasteiger partial charge on any atom is 0.199 e. The summed E-state index contributed by atoms with van der Waals surface area (Å²) >= 11 is 2.10. The minimum Gasteiger partial charge on any atom is -0.243 e. The van der Waals surface area contributed by atoms with Crippen molar-refractivity contribution in [1.82, 2.24) is 0 Å². The predicted molar refractivity (Wildman–Crippen MR) is 24.1 cm³/mol. The second kappa shape index (κ2) is 3.07. The fraction of sp³-hybridized carbons (Fsp3) is 0.333. The number of halogens is 4. The molecule has 0 radical (unpaired) electrons. The van der Waals surface area contributed by atoms with Gasteiger partial charge in [0.25, 0.3) is 0 Å². The van der Waals surface area contributed by atoms with Crippen molar-refractivity contribution < 1.29 is 13.2 Å². The number of hydrogen-bond donors (Lipinski definition) is 0. The van der Waals surface area contributed by atoms with Crippen molar-refractivity contribution in [2.75, 3.05) is 6.67 Å². The molecule has 0 amide bonds. The number of allylic oxidation sites excluding steroid dienone is 1. The van der Waals surface area contributed by atoms with E-state index < -0.39 is 17.2 Å². The van der Waals surface area contributed by atoms with Crippen LogP contribution < -0.4 is 0 Å². The molecule has 0 bridgehead atoms. The smallest absolute Gasteiger partial charge is 0.199 e. The largest absolute Gasteiger partial charge is 0.243 e. The average Bonchev–Trinajstić information content (AvgIpc) is 1.65. The number of rotatable bonds is 1.